The van der Waals surface area contributed by atoms with Gasteiger partial charge in [-0.1, -0.05) is 31.2 Å². The maximum Gasteiger partial charge on any atom is 0.243 e. The topological polar surface area (TPSA) is 71.3 Å². The van der Waals surface area contributed by atoms with Crippen molar-refractivity contribution in [1.82, 2.24) is 23.7 Å². The first-order valence-corrected chi connectivity index (χ1v) is 13.1. The molecule has 0 N–H and O–H groups in total. The molecule has 34 heavy (non-hydrogen) atoms. The molecule has 5 rings (SSSR count). The lowest BCUT2D eigenvalue weighted by Gasteiger charge is -2.33. The van der Waals surface area contributed by atoms with E-state index in [2.05, 4.69) is 45.6 Å². The quantitative estimate of drug-likeness (QED) is 0.424. The van der Waals surface area contributed by atoms with Crippen LogP contribution in [0.3, 0.4) is 0 Å². The van der Waals surface area contributed by atoms with Crippen LogP contribution in [0.2, 0.25) is 0 Å². The SMILES string of the molecule is CCc1ccc(-n2c(CN3CCN(S(=O)(=O)c4cccc(C)c4)CC3)nc3cccnc32)cc1. The molecule has 0 atom stereocenters. The summed E-state index contributed by atoms with van der Waals surface area (Å²) < 4.78 is 29.9. The van der Waals surface area contributed by atoms with Crippen LogP contribution in [0.4, 0.5) is 0 Å². The van der Waals surface area contributed by atoms with Gasteiger partial charge < -0.3 is 0 Å². The van der Waals surface area contributed by atoms with Gasteiger partial charge in [-0.25, -0.2) is 18.4 Å². The minimum absolute atomic E-state index is 0.365. The van der Waals surface area contributed by atoms with E-state index in [1.54, 1.807) is 28.7 Å². The van der Waals surface area contributed by atoms with Gasteiger partial charge in [-0.2, -0.15) is 4.31 Å². The summed E-state index contributed by atoms with van der Waals surface area (Å²) in [6.45, 7) is 6.90. The molecule has 4 aromatic rings. The third-order valence-corrected chi connectivity index (χ3v) is 8.31. The van der Waals surface area contributed by atoms with Gasteiger partial charge in [0.15, 0.2) is 5.65 Å². The second kappa shape index (κ2) is 9.29. The molecule has 3 heterocycles. The Kier molecular flexibility index (Phi) is 6.20. The number of piperazine rings is 1. The van der Waals surface area contributed by atoms with Crippen LogP contribution >= 0.6 is 0 Å². The molecule has 8 heteroatoms. The number of benzene rings is 2. The summed E-state index contributed by atoms with van der Waals surface area (Å²) in [5.74, 6) is 0.910. The van der Waals surface area contributed by atoms with Crippen LogP contribution in [0, 0.1) is 6.92 Å². The Labute approximate surface area is 200 Å². The number of hydrogen-bond acceptors (Lipinski definition) is 5. The Morgan fingerprint density at radius 1 is 0.941 bits per heavy atom. The largest absolute Gasteiger partial charge is 0.293 e. The summed E-state index contributed by atoms with van der Waals surface area (Å²) in [6.07, 6.45) is 2.78. The Balaban J connectivity index is 1.36. The van der Waals surface area contributed by atoms with Crippen molar-refractivity contribution in [3.05, 3.63) is 83.8 Å². The summed E-state index contributed by atoms with van der Waals surface area (Å²) in [5, 5.41) is 0. The standard InChI is InChI=1S/C26H29N5O2S/c1-3-21-9-11-22(12-10-21)31-25(28-24-8-5-13-27-26(24)31)19-29-14-16-30(17-15-29)34(32,33)23-7-4-6-20(2)18-23/h4-13,18H,3,14-17,19H2,1-2H3. The van der Waals surface area contributed by atoms with Crippen molar-refractivity contribution in [2.24, 2.45) is 0 Å². The normalized spacial score (nSPS) is 15.7. The monoisotopic (exact) mass is 475 g/mol. The predicted octanol–water partition coefficient (Wildman–Crippen LogP) is 3.80. The van der Waals surface area contributed by atoms with Crippen LogP contribution in [-0.4, -0.2) is 58.3 Å². The maximum absolute atomic E-state index is 13.1. The lowest BCUT2D eigenvalue weighted by molar-refractivity contribution is 0.177. The van der Waals surface area contributed by atoms with E-state index in [0.29, 0.717) is 37.6 Å². The molecular weight excluding hydrogens is 446 g/mol. The fraction of sp³-hybridized carbons (Fsp3) is 0.308. The lowest BCUT2D eigenvalue weighted by atomic mass is 10.1. The van der Waals surface area contributed by atoms with Gasteiger partial charge in [-0.15, -0.1) is 0 Å². The number of nitrogens with zero attached hydrogens (tertiary/aromatic N) is 5. The van der Waals surface area contributed by atoms with E-state index in [1.165, 1.54) is 5.56 Å². The van der Waals surface area contributed by atoms with E-state index >= 15 is 0 Å². The highest BCUT2D eigenvalue weighted by Gasteiger charge is 2.29. The summed E-state index contributed by atoms with van der Waals surface area (Å²) in [4.78, 5) is 12.1. The summed E-state index contributed by atoms with van der Waals surface area (Å²) >= 11 is 0. The number of hydrogen-bond donors (Lipinski definition) is 0. The van der Waals surface area contributed by atoms with Gasteiger partial charge in [0.05, 0.1) is 11.4 Å². The molecule has 0 bridgehead atoms. The molecule has 1 saturated heterocycles. The molecular formula is C26H29N5O2S. The molecule has 0 unspecified atom stereocenters. The first-order chi connectivity index (χ1) is 16.5. The number of pyridine rings is 1. The Morgan fingerprint density at radius 3 is 2.41 bits per heavy atom. The van der Waals surface area contributed by atoms with E-state index in [9.17, 15) is 8.42 Å². The summed E-state index contributed by atoms with van der Waals surface area (Å²) in [5.41, 5.74) is 4.96. The first-order valence-electron chi connectivity index (χ1n) is 11.7. The van der Waals surface area contributed by atoms with Crippen LogP contribution in [0.1, 0.15) is 23.9 Å². The van der Waals surface area contributed by atoms with Gasteiger partial charge in [0.25, 0.3) is 0 Å². The molecule has 0 saturated carbocycles. The predicted molar refractivity (Wildman–Crippen MR) is 133 cm³/mol. The van der Waals surface area contributed by atoms with Crippen LogP contribution in [0.5, 0.6) is 0 Å². The number of sulfonamides is 1. The van der Waals surface area contributed by atoms with Gasteiger partial charge in [-0.05, 0) is 60.9 Å². The molecule has 0 radical (unpaired) electrons. The van der Waals surface area contributed by atoms with E-state index in [4.69, 9.17) is 4.98 Å². The third kappa shape index (κ3) is 4.36. The van der Waals surface area contributed by atoms with Gasteiger partial charge in [-0.3, -0.25) is 9.47 Å². The van der Waals surface area contributed by atoms with Crippen molar-refractivity contribution >= 4 is 21.2 Å². The van der Waals surface area contributed by atoms with E-state index < -0.39 is 10.0 Å². The van der Waals surface area contributed by atoms with Crippen LogP contribution < -0.4 is 0 Å². The highest BCUT2D eigenvalue weighted by molar-refractivity contribution is 7.89. The lowest BCUT2D eigenvalue weighted by Crippen LogP contribution is -2.48. The molecule has 176 valence electrons. The molecule has 0 aliphatic carbocycles. The van der Waals surface area contributed by atoms with Crippen molar-refractivity contribution in [3.63, 3.8) is 0 Å². The van der Waals surface area contributed by atoms with Crippen LogP contribution in [0.15, 0.2) is 71.8 Å². The average molecular weight is 476 g/mol. The summed E-state index contributed by atoms with van der Waals surface area (Å²) in [6, 6.07) is 19.5. The number of fused-ring (bicyclic) bond motifs is 1. The van der Waals surface area contributed by atoms with E-state index in [1.807, 2.05) is 25.1 Å². The number of aryl methyl sites for hydroxylation is 2. The molecule has 1 aliphatic rings. The number of imidazole rings is 1. The fourth-order valence-corrected chi connectivity index (χ4v) is 6.00. The zero-order chi connectivity index (χ0) is 23.7. The number of rotatable bonds is 6. The zero-order valence-electron chi connectivity index (χ0n) is 19.6. The van der Waals surface area contributed by atoms with Gasteiger partial charge in [0.2, 0.25) is 10.0 Å². The van der Waals surface area contributed by atoms with Crippen LogP contribution in [0.25, 0.3) is 16.9 Å². The Morgan fingerprint density at radius 2 is 1.71 bits per heavy atom. The molecule has 7 nitrogen and oxygen atoms in total. The molecule has 1 aliphatic heterocycles. The second-order valence-electron chi connectivity index (χ2n) is 8.73. The van der Waals surface area contributed by atoms with Gasteiger partial charge >= 0.3 is 0 Å². The molecule has 2 aromatic heterocycles. The van der Waals surface area contributed by atoms with E-state index in [-0.39, 0.29) is 0 Å². The number of aromatic nitrogens is 3. The molecule has 0 spiro atoms. The van der Waals surface area contributed by atoms with Crippen LogP contribution in [-0.2, 0) is 23.0 Å². The third-order valence-electron chi connectivity index (χ3n) is 6.41. The van der Waals surface area contributed by atoms with Crippen molar-refractivity contribution in [1.29, 1.82) is 0 Å². The van der Waals surface area contributed by atoms with Crippen molar-refractivity contribution in [2.45, 2.75) is 31.7 Å². The second-order valence-corrected chi connectivity index (χ2v) is 10.7. The highest BCUT2D eigenvalue weighted by atomic mass is 32.2. The van der Waals surface area contributed by atoms with Gasteiger partial charge in [0.1, 0.15) is 11.3 Å². The van der Waals surface area contributed by atoms with Gasteiger partial charge in [0, 0.05) is 38.1 Å². The molecule has 0 amide bonds. The molecule has 1 fully saturated rings. The van der Waals surface area contributed by atoms with E-state index in [0.717, 1.165) is 34.7 Å². The highest BCUT2D eigenvalue weighted by Crippen LogP contribution is 2.23. The minimum atomic E-state index is -3.48. The smallest absolute Gasteiger partial charge is 0.243 e. The summed E-state index contributed by atoms with van der Waals surface area (Å²) in [7, 11) is -3.48. The Bertz CT molecular complexity index is 1400. The Hall–Kier alpha value is -3.07. The zero-order valence-corrected chi connectivity index (χ0v) is 20.4. The minimum Gasteiger partial charge on any atom is -0.293 e. The fourth-order valence-electron chi connectivity index (χ4n) is 4.47. The van der Waals surface area contributed by atoms with Crippen molar-refractivity contribution in [3.8, 4) is 5.69 Å². The maximum atomic E-state index is 13.1. The molecule has 2 aromatic carbocycles. The first kappa shape index (κ1) is 22.7. The van der Waals surface area contributed by atoms with Crippen molar-refractivity contribution < 1.29 is 8.42 Å². The average Bonchev–Trinajstić information content (AvgIpc) is 3.22. The van der Waals surface area contributed by atoms with Crippen molar-refractivity contribution in [2.75, 3.05) is 26.2 Å².